The van der Waals surface area contributed by atoms with Crippen LogP contribution in [-0.2, 0) is 0 Å². The third kappa shape index (κ3) is 2.32. The Labute approximate surface area is 118 Å². The summed E-state index contributed by atoms with van der Waals surface area (Å²) in [5.74, 6) is 0.895. The molecule has 0 aliphatic rings. The van der Waals surface area contributed by atoms with Gasteiger partial charge in [-0.15, -0.1) is 0 Å². The molecule has 3 aromatic rings. The van der Waals surface area contributed by atoms with Crippen LogP contribution >= 0.6 is 0 Å². The van der Waals surface area contributed by atoms with Crippen molar-refractivity contribution in [3.8, 4) is 0 Å². The third-order valence-corrected chi connectivity index (χ3v) is 3.50. The molecular formula is C17H18N2O. The van der Waals surface area contributed by atoms with Crippen molar-refractivity contribution in [1.29, 1.82) is 0 Å². The minimum atomic E-state index is -0.0254. The van der Waals surface area contributed by atoms with Gasteiger partial charge >= 0.3 is 0 Å². The summed E-state index contributed by atoms with van der Waals surface area (Å²) in [6.07, 6.45) is 1.84. The molecule has 3 rings (SSSR count). The van der Waals surface area contributed by atoms with Gasteiger partial charge in [0.05, 0.1) is 5.69 Å². The highest BCUT2D eigenvalue weighted by atomic mass is 16.3. The van der Waals surface area contributed by atoms with E-state index >= 15 is 0 Å². The number of nitrogens with zero attached hydrogens (tertiary/aromatic N) is 1. The Balaban J connectivity index is 2.07. The summed E-state index contributed by atoms with van der Waals surface area (Å²) < 4.78 is 5.97. The summed E-state index contributed by atoms with van der Waals surface area (Å²) in [5.41, 5.74) is 4.32. The predicted molar refractivity (Wildman–Crippen MR) is 80.8 cm³/mol. The van der Waals surface area contributed by atoms with Crippen LogP contribution in [0.3, 0.4) is 0 Å². The third-order valence-electron chi connectivity index (χ3n) is 3.50. The molecule has 0 aliphatic heterocycles. The lowest BCUT2D eigenvalue weighted by Crippen LogP contribution is -2.18. The van der Waals surface area contributed by atoms with E-state index in [9.17, 15) is 0 Å². The van der Waals surface area contributed by atoms with E-state index in [0.29, 0.717) is 0 Å². The summed E-state index contributed by atoms with van der Waals surface area (Å²) in [7, 11) is 1.92. The van der Waals surface area contributed by atoms with E-state index in [2.05, 4.69) is 48.4 Å². The van der Waals surface area contributed by atoms with E-state index in [4.69, 9.17) is 4.42 Å². The molecule has 102 valence electrons. The Kier molecular flexibility index (Phi) is 3.28. The number of aromatic nitrogens is 1. The summed E-state index contributed by atoms with van der Waals surface area (Å²) in [5, 5.41) is 4.41. The minimum Gasteiger partial charge on any atom is -0.459 e. The van der Waals surface area contributed by atoms with Crippen molar-refractivity contribution in [3.63, 3.8) is 0 Å². The lowest BCUT2D eigenvalue weighted by atomic mass is 10.1. The zero-order valence-corrected chi connectivity index (χ0v) is 12.0. The second kappa shape index (κ2) is 5.10. The van der Waals surface area contributed by atoms with Crippen molar-refractivity contribution in [2.75, 3.05) is 7.05 Å². The molecule has 3 nitrogen and oxygen atoms in total. The van der Waals surface area contributed by atoms with Crippen LogP contribution in [0.1, 0.15) is 28.6 Å². The number of furan rings is 1. The average Bonchev–Trinajstić information content (AvgIpc) is 2.82. The Morgan fingerprint density at radius 1 is 1.05 bits per heavy atom. The van der Waals surface area contributed by atoms with Gasteiger partial charge in [0.15, 0.2) is 0 Å². The molecule has 0 amide bonds. The predicted octanol–water partition coefficient (Wildman–Crippen LogP) is 3.75. The fraction of sp³-hybridized carbons (Fsp3) is 0.235. The van der Waals surface area contributed by atoms with Gasteiger partial charge in [0.2, 0.25) is 0 Å². The second-order valence-electron chi connectivity index (χ2n) is 5.17. The van der Waals surface area contributed by atoms with Gasteiger partial charge in [0.1, 0.15) is 17.4 Å². The van der Waals surface area contributed by atoms with Crippen molar-refractivity contribution in [1.82, 2.24) is 10.3 Å². The van der Waals surface area contributed by atoms with Gasteiger partial charge in [-0.05, 0) is 56.8 Å². The van der Waals surface area contributed by atoms with Gasteiger partial charge in [0.25, 0.3) is 0 Å². The van der Waals surface area contributed by atoms with Gasteiger partial charge < -0.3 is 9.73 Å². The standard InChI is InChI=1S/C17H18N2O/c1-11-4-5-15-13(8-11)10-16(20-15)17(18-3)14-9-12(2)6-7-19-14/h4-10,17-18H,1-3H3. The first-order chi connectivity index (χ1) is 9.67. The van der Waals surface area contributed by atoms with Crippen molar-refractivity contribution in [2.45, 2.75) is 19.9 Å². The number of aryl methyl sites for hydroxylation is 2. The Hall–Kier alpha value is -2.13. The maximum atomic E-state index is 5.97. The van der Waals surface area contributed by atoms with Crippen molar-refractivity contribution < 1.29 is 4.42 Å². The number of pyridine rings is 1. The number of rotatable bonds is 3. The SMILES string of the molecule is CNC(c1cc(C)ccn1)c1cc2cc(C)ccc2o1. The van der Waals surface area contributed by atoms with E-state index in [1.54, 1.807) is 0 Å². The van der Waals surface area contributed by atoms with Gasteiger partial charge in [-0.2, -0.15) is 0 Å². The molecule has 0 spiro atoms. The van der Waals surface area contributed by atoms with Crippen LogP contribution in [0, 0.1) is 13.8 Å². The van der Waals surface area contributed by atoms with Crippen LogP contribution in [0.25, 0.3) is 11.0 Å². The first-order valence-corrected chi connectivity index (χ1v) is 6.77. The minimum absolute atomic E-state index is 0.0254. The molecule has 0 fully saturated rings. The molecule has 20 heavy (non-hydrogen) atoms. The molecule has 0 radical (unpaired) electrons. The lowest BCUT2D eigenvalue weighted by molar-refractivity contribution is 0.486. The fourth-order valence-electron chi connectivity index (χ4n) is 2.48. The van der Waals surface area contributed by atoms with Gasteiger partial charge in [-0.25, -0.2) is 0 Å². The zero-order chi connectivity index (χ0) is 14.1. The second-order valence-corrected chi connectivity index (χ2v) is 5.17. The average molecular weight is 266 g/mol. The zero-order valence-electron chi connectivity index (χ0n) is 12.0. The van der Waals surface area contributed by atoms with Crippen molar-refractivity contribution in [3.05, 3.63) is 65.2 Å². The normalized spacial score (nSPS) is 12.8. The van der Waals surface area contributed by atoms with E-state index < -0.39 is 0 Å². The van der Waals surface area contributed by atoms with Crippen LogP contribution in [0.5, 0.6) is 0 Å². The quantitative estimate of drug-likeness (QED) is 0.784. The molecule has 3 heteroatoms. The number of hydrogen-bond acceptors (Lipinski definition) is 3. The van der Waals surface area contributed by atoms with Crippen LogP contribution < -0.4 is 5.32 Å². The molecule has 0 bridgehead atoms. The molecule has 1 unspecified atom stereocenters. The molecule has 0 saturated carbocycles. The van der Waals surface area contributed by atoms with Gasteiger partial charge in [-0.3, -0.25) is 4.98 Å². The molecule has 0 aliphatic carbocycles. The largest absolute Gasteiger partial charge is 0.459 e. The number of nitrogens with one attached hydrogen (secondary N) is 1. The van der Waals surface area contributed by atoms with E-state index in [1.807, 2.05) is 25.4 Å². The highest BCUT2D eigenvalue weighted by Crippen LogP contribution is 2.28. The van der Waals surface area contributed by atoms with Gasteiger partial charge in [-0.1, -0.05) is 11.6 Å². The van der Waals surface area contributed by atoms with Crippen LogP contribution in [0.15, 0.2) is 47.0 Å². The Morgan fingerprint density at radius 2 is 1.85 bits per heavy atom. The monoisotopic (exact) mass is 266 g/mol. The summed E-state index contributed by atoms with van der Waals surface area (Å²) in [6, 6.07) is 12.4. The first-order valence-electron chi connectivity index (χ1n) is 6.77. The summed E-state index contributed by atoms with van der Waals surface area (Å²) in [4.78, 5) is 4.45. The van der Waals surface area contributed by atoms with E-state index in [0.717, 1.165) is 22.4 Å². The summed E-state index contributed by atoms with van der Waals surface area (Å²) in [6.45, 7) is 4.16. The lowest BCUT2D eigenvalue weighted by Gasteiger charge is -2.13. The highest BCUT2D eigenvalue weighted by molar-refractivity contribution is 5.78. The van der Waals surface area contributed by atoms with Crippen molar-refractivity contribution in [2.24, 2.45) is 0 Å². The Bertz CT molecular complexity index is 746. The maximum Gasteiger partial charge on any atom is 0.134 e. The summed E-state index contributed by atoms with van der Waals surface area (Å²) >= 11 is 0. The number of benzene rings is 1. The Morgan fingerprint density at radius 3 is 2.60 bits per heavy atom. The molecular weight excluding hydrogens is 248 g/mol. The van der Waals surface area contributed by atoms with Crippen LogP contribution in [0.4, 0.5) is 0 Å². The topological polar surface area (TPSA) is 38.1 Å². The fourth-order valence-corrected chi connectivity index (χ4v) is 2.48. The smallest absolute Gasteiger partial charge is 0.134 e. The molecule has 1 aromatic carbocycles. The maximum absolute atomic E-state index is 5.97. The first kappa shape index (κ1) is 12.9. The van der Waals surface area contributed by atoms with Crippen LogP contribution in [0.2, 0.25) is 0 Å². The van der Waals surface area contributed by atoms with E-state index in [1.165, 1.54) is 11.1 Å². The molecule has 1 atom stereocenters. The van der Waals surface area contributed by atoms with Crippen LogP contribution in [-0.4, -0.2) is 12.0 Å². The van der Waals surface area contributed by atoms with E-state index in [-0.39, 0.29) is 6.04 Å². The molecule has 2 aromatic heterocycles. The molecule has 1 N–H and O–H groups in total. The highest BCUT2D eigenvalue weighted by Gasteiger charge is 2.18. The van der Waals surface area contributed by atoms with Gasteiger partial charge in [0, 0.05) is 11.6 Å². The number of hydrogen-bond donors (Lipinski definition) is 1. The molecule has 0 saturated heterocycles. The number of fused-ring (bicyclic) bond motifs is 1. The molecule has 2 heterocycles. The van der Waals surface area contributed by atoms with Crippen molar-refractivity contribution >= 4 is 11.0 Å².